The van der Waals surface area contributed by atoms with Crippen LogP contribution in [0.15, 0.2) is 42.5 Å². The first-order valence-corrected chi connectivity index (χ1v) is 9.37. The van der Waals surface area contributed by atoms with Crippen LogP contribution < -0.4 is 4.90 Å². The van der Waals surface area contributed by atoms with Gasteiger partial charge in [0, 0.05) is 10.4 Å². The minimum Gasteiger partial charge on any atom is -0.278 e. The van der Waals surface area contributed by atoms with E-state index in [1.165, 1.54) is 11.3 Å². The molecule has 4 rings (SSSR count). The first-order valence-electron chi connectivity index (χ1n) is 8.56. The second-order valence-electron chi connectivity index (χ2n) is 6.31. The molecule has 5 heteroatoms. The van der Waals surface area contributed by atoms with Crippen LogP contribution in [-0.4, -0.2) is 12.3 Å². The molecule has 1 aliphatic carbocycles. The van der Waals surface area contributed by atoms with Crippen LogP contribution in [0.25, 0.3) is 10.8 Å². The SMILES string of the molecule is N#Cc1c(N(C=O)C(=O)c2cccc3ccccc23)sc2c1CCCC2. The first-order chi connectivity index (χ1) is 12.7. The summed E-state index contributed by atoms with van der Waals surface area (Å²) in [7, 11) is 0. The maximum absolute atomic E-state index is 13.2. The van der Waals surface area contributed by atoms with Crippen molar-refractivity contribution in [1.29, 1.82) is 5.26 Å². The molecule has 1 aromatic heterocycles. The Morgan fingerprint density at radius 3 is 2.69 bits per heavy atom. The summed E-state index contributed by atoms with van der Waals surface area (Å²) in [5.74, 6) is -0.396. The Bertz CT molecular complexity index is 1060. The van der Waals surface area contributed by atoms with Gasteiger partial charge in [0.2, 0.25) is 6.41 Å². The summed E-state index contributed by atoms with van der Waals surface area (Å²) >= 11 is 1.40. The molecular formula is C21H16N2O2S. The van der Waals surface area contributed by atoms with E-state index in [1.54, 1.807) is 6.07 Å². The van der Waals surface area contributed by atoms with Gasteiger partial charge in [-0.25, -0.2) is 4.90 Å². The highest BCUT2D eigenvalue weighted by atomic mass is 32.1. The van der Waals surface area contributed by atoms with E-state index in [-0.39, 0.29) is 0 Å². The average molecular weight is 360 g/mol. The van der Waals surface area contributed by atoms with Gasteiger partial charge in [0.05, 0.1) is 5.56 Å². The lowest BCUT2D eigenvalue weighted by molar-refractivity contribution is -0.106. The lowest BCUT2D eigenvalue weighted by Gasteiger charge is -2.15. The molecule has 0 unspecified atom stereocenters. The van der Waals surface area contributed by atoms with E-state index in [9.17, 15) is 14.9 Å². The Kier molecular flexibility index (Phi) is 4.27. The number of hydrogen-bond donors (Lipinski definition) is 0. The Morgan fingerprint density at radius 2 is 1.88 bits per heavy atom. The van der Waals surface area contributed by atoms with Crippen LogP contribution in [0.1, 0.15) is 39.2 Å². The molecule has 2 aromatic carbocycles. The zero-order valence-corrected chi connectivity index (χ0v) is 14.9. The van der Waals surface area contributed by atoms with Gasteiger partial charge in [-0.2, -0.15) is 5.26 Å². The maximum Gasteiger partial charge on any atom is 0.266 e. The minimum atomic E-state index is -0.396. The highest BCUT2D eigenvalue weighted by Crippen LogP contribution is 2.40. The fraction of sp³-hybridized carbons (Fsp3) is 0.190. The Balaban J connectivity index is 1.83. The molecule has 1 aliphatic rings. The highest BCUT2D eigenvalue weighted by Gasteiger charge is 2.28. The summed E-state index contributed by atoms with van der Waals surface area (Å²) < 4.78 is 0. The van der Waals surface area contributed by atoms with Gasteiger partial charge in [-0.05, 0) is 48.1 Å². The lowest BCUT2D eigenvalue weighted by atomic mass is 9.96. The monoisotopic (exact) mass is 360 g/mol. The maximum atomic E-state index is 13.2. The summed E-state index contributed by atoms with van der Waals surface area (Å²) in [6, 6.07) is 15.3. The van der Waals surface area contributed by atoms with E-state index in [1.807, 2.05) is 36.4 Å². The molecule has 3 aromatic rings. The number of anilines is 1. The molecule has 0 N–H and O–H groups in total. The van der Waals surface area contributed by atoms with Crippen LogP contribution in [0.5, 0.6) is 0 Å². The Hall–Kier alpha value is -2.97. The summed E-state index contributed by atoms with van der Waals surface area (Å²) in [5, 5.41) is 11.8. The number of carbonyl (C=O) groups is 2. The van der Waals surface area contributed by atoms with Crippen LogP contribution >= 0.6 is 11.3 Å². The van der Waals surface area contributed by atoms with E-state index < -0.39 is 5.91 Å². The summed E-state index contributed by atoms with van der Waals surface area (Å²) in [6.45, 7) is 0. The molecule has 0 spiro atoms. The summed E-state index contributed by atoms with van der Waals surface area (Å²) in [4.78, 5) is 27.2. The predicted octanol–water partition coefficient (Wildman–Crippen LogP) is 4.45. The quantitative estimate of drug-likeness (QED) is 0.648. The lowest BCUT2D eigenvalue weighted by Crippen LogP contribution is -2.29. The molecule has 0 bridgehead atoms. The number of rotatable bonds is 3. The Morgan fingerprint density at radius 1 is 1.12 bits per heavy atom. The fourth-order valence-electron chi connectivity index (χ4n) is 3.57. The van der Waals surface area contributed by atoms with Crippen molar-refractivity contribution in [3.05, 3.63) is 64.0 Å². The zero-order chi connectivity index (χ0) is 18.1. The van der Waals surface area contributed by atoms with Crippen molar-refractivity contribution in [3.8, 4) is 6.07 Å². The van der Waals surface area contributed by atoms with E-state index >= 15 is 0 Å². The van der Waals surface area contributed by atoms with Crippen LogP contribution in [0.4, 0.5) is 5.00 Å². The molecule has 0 radical (unpaired) electrons. The molecule has 4 nitrogen and oxygen atoms in total. The molecule has 0 saturated carbocycles. The van der Waals surface area contributed by atoms with Crippen molar-refractivity contribution in [2.45, 2.75) is 25.7 Å². The van der Waals surface area contributed by atoms with Crippen molar-refractivity contribution in [1.82, 2.24) is 0 Å². The molecule has 128 valence electrons. The highest BCUT2D eigenvalue weighted by molar-refractivity contribution is 7.17. The van der Waals surface area contributed by atoms with Gasteiger partial charge in [0.25, 0.3) is 5.91 Å². The molecule has 1 heterocycles. The van der Waals surface area contributed by atoms with Gasteiger partial charge in [0.15, 0.2) is 0 Å². The minimum absolute atomic E-state index is 0.396. The number of thiophene rings is 1. The van der Waals surface area contributed by atoms with Crippen molar-refractivity contribution < 1.29 is 9.59 Å². The van der Waals surface area contributed by atoms with Gasteiger partial charge < -0.3 is 0 Å². The van der Waals surface area contributed by atoms with Gasteiger partial charge in [-0.1, -0.05) is 36.4 Å². The molecule has 0 aliphatic heterocycles. The second kappa shape index (κ2) is 6.74. The molecule has 0 fully saturated rings. The predicted molar refractivity (Wildman–Crippen MR) is 102 cm³/mol. The van der Waals surface area contributed by atoms with Crippen LogP contribution in [0.3, 0.4) is 0 Å². The van der Waals surface area contributed by atoms with E-state index in [4.69, 9.17) is 0 Å². The van der Waals surface area contributed by atoms with Crippen molar-refractivity contribution in [3.63, 3.8) is 0 Å². The Labute approximate surface area is 155 Å². The first kappa shape index (κ1) is 16.5. The third-order valence-corrected chi connectivity index (χ3v) is 6.12. The standard InChI is InChI=1S/C21H16N2O2S/c22-12-18-16-9-3-4-11-19(16)26-21(18)23(13-24)20(25)17-10-5-7-14-6-1-2-8-15(14)17/h1-2,5-8,10,13H,3-4,9,11H2. The van der Waals surface area contributed by atoms with Crippen molar-refractivity contribution in [2.75, 3.05) is 4.90 Å². The van der Waals surface area contributed by atoms with E-state index in [2.05, 4.69) is 6.07 Å². The topological polar surface area (TPSA) is 61.2 Å². The van der Waals surface area contributed by atoms with Gasteiger partial charge >= 0.3 is 0 Å². The summed E-state index contributed by atoms with van der Waals surface area (Å²) in [6.07, 6.45) is 4.39. The fourth-order valence-corrected chi connectivity index (χ4v) is 4.87. The molecule has 26 heavy (non-hydrogen) atoms. The van der Waals surface area contributed by atoms with Gasteiger partial charge in [-0.15, -0.1) is 11.3 Å². The number of nitriles is 1. The number of carbonyl (C=O) groups excluding carboxylic acids is 2. The molecule has 0 saturated heterocycles. The number of hydrogen-bond acceptors (Lipinski definition) is 4. The number of amides is 2. The number of nitrogens with zero attached hydrogens (tertiary/aromatic N) is 2. The number of aryl methyl sites for hydroxylation is 1. The molecular weight excluding hydrogens is 344 g/mol. The van der Waals surface area contributed by atoms with Crippen LogP contribution in [-0.2, 0) is 17.6 Å². The number of benzene rings is 2. The second-order valence-corrected chi connectivity index (χ2v) is 7.39. The average Bonchev–Trinajstić information content (AvgIpc) is 3.06. The van der Waals surface area contributed by atoms with Crippen LogP contribution in [0, 0.1) is 11.3 Å². The smallest absolute Gasteiger partial charge is 0.266 e. The van der Waals surface area contributed by atoms with E-state index in [0.717, 1.165) is 51.8 Å². The third kappa shape index (κ3) is 2.59. The number of fused-ring (bicyclic) bond motifs is 2. The third-order valence-electron chi connectivity index (χ3n) is 4.83. The van der Waals surface area contributed by atoms with Gasteiger partial charge in [-0.3, -0.25) is 9.59 Å². The van der Waals surface area contributed by atoms with E-state index in [0.29, 0.717) is 22.5 Å². The normalized spacial score (nSPS) is 13.0. The van der Waals surface area contributed by atoms with Crippen LogP contribution in [0.2, 0.25) is 0 Å². The van der Waals surface area contributed by atoms with Crippen molar-refractivity contribution >= 4 is 39.4 Å². The zero-order valence-electron chi connectivity index (χ0n) is 14.1. The van der Waals surface area contributed by atoms with Crippen molar-refractivity contribution in [2.24, 2.45) is 0 Å². The molecule has 0 atom stereocenters. The number of imide groups is 1. The largest absolute Gasteiger partial charge is 0.278 e. The van der Waals surface area contributed by atoms with Gasteiger partial charge in [0.1, 0.15) is 11.1 Å². The summed E-state index contributed by atoms with van der Waals surface area (Å²) in [5.41, 5.74) is 1.95. The molecule has 2 amide bonds.